The molecule has 3 aromatic rings. The first-order valence-electron chi connectivity index (χ1n) is 7.93. The van der Waals surface area contributed by atoms with Crippen molar-refractivity contribution in [3.05, 3.63) is 63.4 Å². The average Bonchev–Trinajstić information content (AvgIpc) is 3.02. The Morgan fingerprint density at radius 2 is 2.21 bits per heavy atom. The fourth-order valence-corrected chi connectivity index (χ4v) is 3.42. The van der Waals surface area contributed by atoms with Gasteiger partial charge in [0.15, 0.2) is 0 Å². The maximum atomic E-state index is 12.5. The summed E-state index contributed by atoms with van der Waals surface area (Å²) in [7, 11) is 0. The fourth-order valence-electron chi connectivity index (χ4n) is 3.08. The molecule has 0 spiro atoms. The number of nitrogens with zero attached hydrogens (tertiary/aromatic N) is 1. The topological polar surface area (TPSA) is 69.8 Å². The van der Waals surface area contributed by atoms with E-state index in [0.29, 0.717) is 17.8 Å². The number of aromatic amines is 1. The van der Waals surface area contributed by atoms with E-state index in [4.69, 9.17) is 0 Å². The van der Waals surface area contributed by atoms with Crippen LogP contribution in [0, 0.1) is 0 Å². The van der Waals surface area contributed by atoms with Crippen LogP contribution in [0.15, 0.2) is 41.1 Å². The van der Waals surface area contributed by atoms with E-state index in [1.807, 2.05) is 6.07 Å². The summed E-state index contributed by atoms with van der Waals surface area (Å²) in [4.78, 5) is 19.8. The highest BCUT2D eigenvalue weighted by Gasteiger charge is 2.14. The first-order valence-corrected chi connectivity index (χ1v) is 8.72. The van der Waals surface area contributed by atoms with Gasteiger partial charge in [-0.2, -0.15) is 0 Å². The van der Waals surface area contributed by atoms with Crippen molar-refractivity contribution in [3.63, 3.8) is 0 Å². The van der Waals surface area contributed by atoms with E-state index in [0.717, 1.165) is 34.9 Å². The van der Waals surface area contributed by atoms with Crippen LogP contribution in [0.5, 0.6) is 0 Å². The van der Waals surface area contributed by atoms with Gasteiger partial charge in [0.25, 0.3) is 5.91 Å². The number of halogens is 1. The van der Waals surface area contributed by atoms with Gasteiger partial charge in [0.1, 0.15) is 5.65 Å². The van der Waals surface area contributed by atoms with E-state index in [1.54, 1.807) is 12.4 Å². The monoisotopic (exact) mass is 384 g/mol. The minimum atomic E-state index is -0.0967. The average molecular weight is 385 g/mol. The third-order valence-corrected chi connectivity index (χ3v) is 4.79. The predicted octanol–water partition coefficient (Wildman–Crippen LogP) is 2.90. The molecule has 1 aromatic carbocycles. The normalized spacial score (nSPS) is 13.7. The van der Waals surface area contributed by atoms with Crippen molar-refractivity contribution in [1.82, 2.24) is 20.6 Å². The molecule has 0 saturated heterocycles. The van der Waals surface area contributed by atoms with Crippen LogP contribution >= 0.6 is 15.9 Å². The number of carbonyl (C=O) groups is 1. The molecule has 2 aromatic heterocycles. The number of aromatic nitrogens is 2. The molecule has 24 heavy (non-hydrogen) atoms. The fraction of sp³-hybridized carbons (Fsp3) is 0.222. The minimum absolute atomic E-state index is 0.0967. The molecule has 0 aliphatic carbocycles. The van der Waals surface area contributed by atoms with Gasteiger partial charge in [-0.25, -0.2) is 4.98 Å². The Hall–Kier alpha value is -2.18. The third kappa shape index (κ3) is 2.95. The van der Waals surface area contributed by atoms with Crippen molar-refractivity contribution >= 4 is 32.9 Å². The summed E-state index contributed by atoms with van der Waals surface area (Å²) in [5.74, 6) is -0.0967. The molecule has 0 saturated carbocycles. The summed E-state index contributed by atoms with van der Waals surface area (Å²) in [6, 6.07) is 8.33. The number of nitrogens with one attached hydrogen (secondary N) is 3. The van der Waals surface area contributed by atoms with Gasteiger partial charge in [-0.05, 0) is 51.7 Å². The second-order valence-corrected chi connectivity index (χ2v) is 6.88. The maximum Gasteiger partial charge on any atom is 0.253 e. The summed E-state index contributed by atoms with van der Waals surface area (Å²) in [6.45, 7) is 2.47. The van der Waals surface area contributed by atoms with Crippen molar-refractivity contribution in [1.29, 1.82) is 0 Å². The predicted molar refractivity (Wildman–Crippen MR) is 96.8 cm³/mol. The Bertz CT molecular complexity index is 919. The van der Waals surface area contributed by atoms with Crippen LogP contribution in [0.25, 0.3) is 11.0 Å². The Labute approximate surface area is 148 Å². The molecule has 122 valence electrons. The van der Waals surface area contributed by atoms with E-state index in [2.05, 4.69) is 54.7 Å². The largest absolute Gasteiger partial charge is 0.348 e. The van der Waals surface area contributed by atoms with Gasteiger partial charge in [-0.1, -0.05) is 18.2 Å². The number of amides is 1. The Balaban J connectivity index is 1.51. The summed E-state index contributed by atoms with van der Waals surface area (Å²) in [6.07, 6.45) is 4.46. The van der Waals surface area contributed by atoms with Crippen molar-refractivity contribution in [2.75, 3.05) is 6.54 Å². The second kappa shape index (κ2) is 6.37. The lowest BCUT2D eigenvalue weighted by molar-refractivity contribution is 0.0952. The molecule has 0 fully saturated rings. The molecule has 0 atom stereocenters. The zero-order chi connectivity index (χ0) is 16.5. The molecule has 1 aliphatic rings. The van der Waals surface area contributed by atoms with Gasteiger partial charge in [0, 0.05) is 35.3 Å². The lowest BCUT2D eigenvalue weighted by atomic mass is 9.98. The first kappa shape index (κ1) is 15.4. The zero-order valence-corrected chi connectivity index (χ0v) is 14.6. The molecule has 1 amide bonds. The van der Waals surface area contributed by atoms with Gasteiger partial charge in [-0.3, -0.25) is 4.79 Å². The van der Waals surface area contributed by atoms with E-state index in [1.165, 1.54) is 11.1 Å². The molecule has 0 unspecified atom stereocenters. The number of benzene rings is 1. The molecule has 4 rings (SSSR count). The van der Waals surface area contributed by atoms with Crippen molar-refractivity contribution in [2.45, 2.75) is 19.5 Å². The van der Waals surface area contributed by atoms with Gasteiger partial charge < -0.3 is 15.6 Å². The van der Waals surface area contributed by atoms with E-state index in [-0.39, 0.29) is 5.91 Å². The molecule has 1 aliphatic heterocycles. The molecule has 3 N–H and O–H groups in total. The van der Waals surface area contributed by atoms with Gasteiger partial charge in [0.2, 0.25) is 0 Å². The minimum Gasteiger partial charge on any atom is -0.348 e. The highest BCUT2D eigenvalue weighted by Crippen LogP contribution is 2.21. The van der Waals surface area contributed by atoms with Crippen LogP contribution in [0.2, 0.25) is 0 Å². The van der Waals surface area contributed by atoms with E-state index in [9.17, 15) is 4.79 Å². The Morgan fingerprint density at radius 1 is 1.29 bits per heavy atom. The molecule has 0 bridgehead atoms. The number of pyridine rings is 1. The molecular formula is C18H17BrN4O. The SMILES string of the molecule is O=C(NCc1ccc2c(c1)CCNC2)c1c[nH]c2ncc(Br)cc12. The van der Waals surface area contributed by atoms with Crippen molar-refractivity contribution in [3.8, 4) is 0 Å². The van der Waals surface area contributed by atoms with Crippen LogP contribution in [-0.2, 0) is 19.5 Å². The molecular weight excluding hydrogens is 368 g/mol. The van der Waals surface area contributed by atoms with Crippen molar-refractivity contribution in [2.24, 2.45) is 0 Å². The number of H-pyrrole nitrogens is 1. The van der Waals surface area contributed by atoms with Gasteiger partial charge >= 0.3 is 0 Å². The lowest BCUT2D eigenvalue weighted by Crippen LogP contribution is -2.25. The Kier molecular flexibility index (Phi) is 4.08. The van der Waals surface area contributed by atoms with Crippen LogP contribution in [-0.4, -0.2) is 22.4 Å². The second-order valence-electron chi connectivity index (χ2n) is 5.96. The number of rotatable bonds is 3. The van der Waals surface area contributed by atoms with Gasteiger partial charge in [0.05, 0.1) is 5.56 Å². The maximum absolute atomic E-state index is 12.5. The molecule has 3 heterocycles. The summed E-state index contributed by atoms with van der Waals surface area (Å²) >= 11 is 3.40. The van der Waals surface area contributed by atoms with Crippen molar-refractivity contribution < 1.29 is 4.79 Å². The van der Waals surface area contributed by atoms with Crippen LogP contribution in [0.1, 0.15) is 27.0 Å². The smallest absolute Gasteiger partial charge is 0.253 e. The molecule has 6 heteroatoms. The van der Waals surface area contributed by atoms with Gasteiger partial charge in [-0.15, -0.1) is 0 Å². The standard InChI is InChI=1S/C18H17BrN4O/c19-14-6-15-16(10-22-17(15)21-9-14)18(24)23-7-11-1-2-13-8-20-4-3-12(13)5-11/h1-2,5-6,9-10,20H,3-4,7-8H2,(H,21,22)(H,23,24). The first-order chi connectivity index (χ1) is 11.7. The number of carbonyl (C=O) groups excluding carboxylic acids is 1. The lowest BCUT2D eigenvalue weighted by Gasteiger charge is -2.18. The summed E-state index contributed by atoms with van der Waals surface area (Å²) in [5.41, 5.74) is 5.18. The summed E-state index contributed by atoms with van der Waals surface area (Å²) in [5, 5.41) is 7.19. The zero-order valence-electron chi connectivity index (χ0n) is 13.0. The van der Waals surface area contributed by atoms with E-state index < -0.39 is 0 Å². The quantitative estimate of drug-likeness (QED) is 0.650. The van der Waals surface area contributed by atoms with Crippen LogP contribution in [0.4, 0.5) is 0 Å². The Morgan fingerprint density at radius 3 is 3.12 bits per heavy atom. The molecule has 0 radical (unpaired) electrons. The number of hydrogen-bond donors (Lipinski definition) is 3. The highest BCUT2D eigenvalue weighted by atomic mass is 79.9. The number of hydrogen-bond acceptors (Lipinski definition) is 3. The summed E-state index contributed by atoms with van der Waals surface area (Å²) < 4.78 is 0.854. The van der Waals surface area contributed by atoms with Crippen LogP contribution < -0.4 is 10.6 Å². The third-order valence-electron chi connectivity index (χ3n) is 4.35. The highest BCUT2D eigenvalue weighted by molar-refractivity contribution is 9.10. The number of fused-ring (bicyclic) bond motifs is 2. The molecule has 5 nitrogen and oxygen atoms in total. The van der Waals surface area contributed by atoms with E-state index >= 15 is 0 Å². The van der Waals surface area contributed by atoms with Crippen LogP contribution in [0.3, 0.4) is 0 Å².